The van der Waals surface area contributed by atoms with E-state index in [2.05, 4.69) is 45.5 Å². The fourth-order valence-corrected chi connectivity index (χ4v) is 8.88. The van der Waals surface area contributed by atoms with Gasteiger partial charge in [-0.3, -0.25) is 4.99 Å². The Morgan fingerprint density at radius 3 is 2.09 bits per heavy atom. The van der Waals surface area contributed by atoms with Crippen LogP contribution in [0, 0.1) is 64.6 Å². The number of fused-ring (bicyclic) bond motifs is 5. The van der Waals surface area contributed by atoms with E-state index in [-0.39, 0.29) is 0 Å². The molecule has 0 aromatic rings. The molecule has 0 radical (unpaired) electrons. The first-order valence-electron chi connectivity index (χ1n) is 14.6. The summed E-state index contributed by atoms with van der Waals surface area (Å²) < 4.78 is 0. The van der Waals surface area contributed by atoms with Crippen molar-refractivity contribution in [1.29, 1.82) is 0 Å². The van der Waals surface area contributed by atoms with Crippen LogP contribution in [0.15, 0.2) is 16.1 Å². The minimum absolute atomic E-state index is 0.632. The van der Waals surface area contributed by atoms with Crippen molar-refractivity contribution in [1.82, 2.24) is 0 Å². The molecular formula is C33H57N. The van der Waals surface area contributed by atoms with Gasteiger partial charge in [-0.15, -0.1) is 6.42 Å². The van der Waals surface area contributed by atoms with E-state index in [0.717, 1.165) is 52.6 Å². The van der Waals surface area contributed by atoms with Gasteiger partial charge in [-0.2, -0.15) is 0 Å². The molecule has 0 amide bonds. The molecule has 1 nitrogen and oxygen atoms in total. The first-order valence-corrected chi connectivity index (χ1v) is 14.6. The molecule has 0 saturated heterocycles. The monoisotopic (exact) mass is 467 g/mol. The lowest BCUT2D eigenvalue weighted by Gasteiger charge is -2.57. The van der Waals surface area contributed by atoms with Crippen LogP contribution in [0.4, 0.5) is 0 Å². The first-order chi connectivity index (χ1) is 16.0. The molecule has 0 aliphatic heterocycles. The average molecular weight is 468 g/mol. The third kappa shape index (κ3) is 6.20. The predicted octanol–water partition coefficient (Wildman–Crippen LogP) is 9.62. The Labute approximate surface area is 214 Å². The van der Waals surface area contributed by atoms with Crippen LogP contribution < -0.4 is 0 Å². The smallest absolute Gasteiger partial charge is 0.0407 e. The van der Waals surface area contributed by atoms with Gasteiger partial charge in [0.1, 0.15) is 0 Å². The van der Waals surface area contributed by atoms with Gasteiger partial charge in [-0.25, -0.2) is 0 Å². The lowest BCUT2D eigenvalue weighted by atomic mass is 9.48. The summed E-state index contributed by atoms with van der Waals surface area (Å²) in [5.41, 5.74) is 3.32. The highest BCUT2D eigenvalue weighted by molar-refractivity contribution is 5.85. The second kappa shape index (κ2) is 12.3. The maximum absolute atomic E-state index is 5.16. The van der Waals surface area contributed by atoms with Gasteiger partial charge in [-0.1, -0.05) is 60.0 Å². The van der Waals surface area contributed by atoms with E-state index in [0.29, 0.717) is 10.8 Å². The largest absolute Gasteiger partial charge is 0.295 e. The lowest BCUT2D eigenvalue weighted by Crippen LogP contribution is -2.49. The summed E-state index contributed by atoms with van der Waals surface area (Å²) in [5, 5.41) is 0. The SMILES string of the molecule is C#CC(C=NC)=C(C)C.CC.CC(C)C1CCC2C3CCC4CC(C)(C)CCC4C3CCC12C. The fourth-order valence-electron chi connectivity index (χ4n) is 8.88. The van der Waals surface area contributed by atoms with Crippen molar-refractivity contribution < 1.29 is 0 Å². The number of hydrogen-bond donors (Lipinski definition) is 0. The Morgan fingerprint density at radius 1 is 0.912 bits per heavy atom. The lowest BCUT2D eigenvalue weighted by molar-refractivity contribution is -0.0800. The molecule has 4 saturated carbocycles. The molecule has 1 heteroatoms. The summed E-state index contributed by atoms with van der Waals surface area (Å²) in [6.45, 7) is 20.7. The number of allylic oxidation sites excluding steroid dienone is 2. The zero-order chi connectivity index (χ0) is 25.7. The molecule has 0 bridgehead atoms. The fraction of sp³-hybridized carbons (Fsp3) is 0.848. The number of nitrogens with zero attached hydrogens (tertiary/aromatic N) is 1. The molecule has 7 unspecified atom stereocenters. The van der Waals surface area contributed by atoms with Gasteiger partial charge in [0.15, 0.2) is 0 Å². The summed E-state index contributed by atoms with van der Waals surface area (Å²) in [6.07, 6.45) is 20.8. The Balaban J connectivity index is 0.000000317. The Bertz CT molecular complexity index is 743. The molecule has 7 atom stereocenters. The van der Waals surface area contributed by atoms with Crippen LogP contribution in [-0.4, -0.2) is 13.3 Å². The van der Waals surface area contributed by atoms with E-state index in [1.54, 1.807) is 51.8 Å². The van der Waals surface area contributed by atoms with Crippen molar-refractivity contribution in [3.05, 3.63) is 11.1 Å². The second-order valence-corrected chi connectivity index (χ2v) is 13.3. The van der Waals surface area contributed by atoms with Crippen molar-refractivity contribution >= 4 is 6.21 Å². The summed E-state index contributed by atoms with van der Waals surface area (Å²) in [4.78, 5) is 3.80. The minimum atomic E-state index is 0.632. The number of terminal acetylenes is 1. The molecule has 0 spiro atoms. The van der Waals surface area contributed by atoms with Crippen molar-refractivity contribution in [2.24, 2.45) is 57.2 Å². The van der Waals surface area contributed by atoms with Crippen LogP contribution in [0.25, 0.3) is 0 Å². The Morgan fingerprint density at radius 2 is 1.56 bits per heavy atom. The predicted molar refractivity (Wildman–Crippen MR) is 152 cm³/mol. The van der Waals surface area contributed by atoms with Gasteiger partial charge in [0, 0.05) is 18.8 Å². The van der Waals surface area contributed by atoms with Crippen LogP contribution >= 0.6 is 0 Å². The van der Waals surface area contributed by atoms with E-state index in [9.17, 15) is 0 Å². The van der Waals surface area contributed by atoms with Crippen LogP contribution in [0.1, 0.15) is 120 Å². The molecule has 4 fully saturated rings. The third-order valence-electron chi connectivity index (χ3n) is 10.3. The zero-order valence-electron chi connectivity index (χ0n) is 24.5. The number of hydrogen-bond acceptors (Lipinski definition) is 1. The first kappa shape index (κ1) is 29.2. The molecule has 4 rings (SSSR count). The summed E-state index contributed by atoms with van der Waals surface area (Å²) in [6, 6.07) is 0. The maximum Gasteiger partial charge on any atom is 0.0407 e. The van der Waals surface area contributed by atoms with Crippen LogP contribution in [0.5, 0.6) is 0 Å². The topological polar surface area (TPSA) is 12.4 Å². The average Bonchev–Trinajstić information content (AvgIpc) is 3.15. The standard InChI is InChI=1S/C23H40.C8H11N.C2H6/c1-15(2)20-8-9-21-19-7-6-16-14-22(3,4)12-10-17(16)18(19)11-13-23(20,21)5;1-5-8(6-9-4)7(2)3;1-2/h15-21H,6-14H2,1-5H3;1,6H,2-4H3;1-2H3. The molecule has 0 heterocycles. The van der Waals surface area contributed by atoms with Crippen LogP contribution in [0.3, 0.4) is 0 Å². The quantitative estimate of drug-likeness (QED) is 0.283. The third-order valence-corrected chi connectivity index (χ3v) is 10.3. The van der Waals surface area contributed by atoms with Gasteiger partial charge in [0.25, 0.3) is 0 Å². The Hall–Kier alpha value is -1.03. The van der Waals surface area contributed by atoms with Crippen molar-refractivity contribution in [2.75, 3.05) is 7.05 Å². The van der Waals surface area contributed by atoms with Crippen molar-refractivity contribution in [2.45, 2.75) is 120 Å². The van der Waals surface area contributed by atoms with Gasteiger partial charge < -0.3 is 0 Å². The highest BCUT2D eigenvalue weighted by atomic mass is 14.6. The molecule has 0 aromatic heterocycles. The highest BCUT2D eigenvalue weighted by Crippen LogP contribution is 2.66. The van der Waals surface area contributed by atoms with E-state index in [4.69, 9.17) is 6.42 Å². The van der Waals surface area contributed by atoms with Crippen LogP contribution in [-0.2, 0) is 0 Å². The number of rotatable bonds is 2. The van der Waals surface area contributed by atoms with E-state index in [1.165, 1.54) is 19.3 Å². The molecule has 4 aliphatic rings. The van der Waals surface area contributed by atoms with Crippen molar-refractivity contribution in [3.8, 4) is 12.3 Å². The maximum atomic E-state index is 5.16. The van der Waals surface area contributed by atoms with Gasteiger partial charge in [0.2, 0.25) is 0 Å². The Kier molecular flexibility index (Phi) is 10.5. The van der Waals surface area contributed by atoms with Crippen molar-refractivity contribution in [3.63, 3.8) is 0 Å². The molecule has 194 valence electrons. The summed E-state index contributed by atoms with van der Waals surface area (Å²) in [7, 11) is 1.71. The normalized spacial score (nSPS) is 37.7. The highest BCUT2D eigenvalue weighted by Gasteiger charge is 2.57. The van der Waals surface area contributed by atoms with Crippen LogP contribution in [0.2, 0.25) is 0 Å². The molecule has 0 N–H and O–H groups in total. The molecular weight excluding hydrogens is 410 g/mol. The second-order valence-electron chi connectivity index (χ2n) is 13.3. The van der Waals surface area contributed by atoms with E-state index < -0.39 is 0 Å². The van der Waals surface area contributed by atoms with Gasteiger partial charge in [-0.05, 0) is 124 Å². The van der Waals surface area contributed by atoms with Gasteiger partial charge in [0.05, 0.1) is 0 Å². The van der Waals surface area contributed by atoms with Gasteiger partial charge >= 0.3 is 0 Å². The summed E-state index contributed by atoms with van der Waals surface area (Å²) >= 11 is 0. The molecule has 4 aliphatic carbocycles. The van der Waals surface area contributed by atoms with E-state index >= 15 is 0 Å². The van der Waals surface area contributed by atoms with E-state index in [1.807, 2.05) is 27.7 Å². The summed E-state index contributed by atoms with van der Waals surface area (Å²) in [5.74, 6) is 9.89. The zero-order valence-corrected chi connectivity index (χ0v) is 24.5. The number of aliphatic imine (C=N–C) groups is 1. The molecule has 0 aromatic carbocycles. The minimum Gasteiger partial charge on any atom is -0.295 e. The molecule has 34 heavy (non-hydrogen) atoms.